The number of hydrogen-bond acceptors (Lipinski definition) is 8. The van der Waals surface area contributed by atoms with Gasteiger partial charge in [-0.15, -0.1) is 0 Å². The van der Waals surface area contributed by atoms with Crippen LogP contribution >= 0.6 is 7.49 Å². The van der Waals surface area contributed by atoms with E-state index < -0.39 is 19.2 Å². The molecule has 2 aliphatic rings. The quantitative estimate of drug-likeness (QED) is 0.228. The summed E-state index contributed by atoms with van der Waals surface area (Å²) in [6.45, 7) is 2.97. The molecule has 0 unspecified atom stereocenters. The molecule has 1 aromatic carbocycles. The van der Waals surface area contributed by atoms with Crippen molar-refractivity contribution >= 4 is 41.3 Å². The Morgan fingerprint density at radius 3 is 2.54 bits per heavy atom. The van der Waals surface area contributed by atoms with Gasteiger partial charge >= 0.3 is 214 Å². The first kappa shape index (κ1) is 27.9. The molecule has 2 fully saturated rings. The normalized spacial score (nSPS) is 18.7. The maximum absolute atomic E-state index is 13.7. The fraction of sp³-hybridized carbons (Fsp3) is 0.538. The Morgan fingerprint density at radius 2 is 1.90 bits per heavy atom. The summed E-state index contributed by atoms with van der Waals surface area (Å²) >= 11 is 0. The van der Waals surface area contributed by atoms with Gasteiger partial charge in [-0.25, -0.2) is 0 Å². The molecule has 3 N–H and O–H groups in total. The van der Waals surface area contributed by atoms with Crippen molar-refractivity contribution in [2.24, 2.45) is 0 Å². The molecule has 13 heteroatoms. The van der Waals surface area contributed by atoms with Crippen LogP contribution in [0.25, 0.3) is 11.0 Å². The van der Waals surface area contributed by atoms with Gasteiger partial charge in [-0.1, -0.05) is 0 Å². The van der Waals surface area contributed by atoms with Crippen LogP contribution in [0.1, 0.15) is 24.8 Å². The van der Waals surface area contributed by atoms with Gasteiger partial charge in [0.25, 0.3) is 0 Å². The molecule has 0 radical (unpaired) electrons. The van der Waals surface area contributed by atoms with E-state index in [1.54, 1.807) is 14.2 Å². The first-order chi connectivity index (χ1) is 18.8. The first-order valence-corrected chi connectivity index (χ1v) is 15.5. The van der Waals surface area contributed by atoms with Crippen molar-refractivity contribution in [3.05, 3.63) is 30.0 Å². The number of anilines is 3. The van der Waals surface area contributed by atoms with Crippen LogP contribution in [0.5, 0.6) is 5.75 Å². The van der Waals surface area contributed by atoms with E-state index >= 15 is 0 Å². The summed E-state index contributed by atoms with van der Waals surface area (Å²) in [5.41, 5.74) is -0.121. The standard InChI is InChI=1S/C26H36F3N6O3P/c1-36-12-4-9-30-23-22-19(26(27,28)29)16-31-24(22)34-25(33-23)32-20-8-7-18(15-21(20)37-2)39(38-3)13-10-35(11-14-39)17-5-6-17/h7-8,15-17,39H,4-6,9-14H2,1-3H3,(H3,30,31,32,33,34). The van der Waals surface area contributed by atoms with E-state index in [1.807, 2.05) is 19.2 Å². The van der Waals surface area contributed by atoms with Crippen LogP contribution in [0.4, 0.5) is 30.6 Å². The predicted octanol–water partition coefficient (Wildman–Crippen LogP) is 4.59. The Kier molecular flexibility index (Phi) is 8.19. The third kappa shape index (κ3) is 5.94. The fourth-order valence-corrected chi connectivity index (χ4v) is 8.91. The van der Waals surface area contributed by atoms with E-state index in [0.29, 0.717) is 31.0 Å². The molecular weight excluding hydrogens is 532 g/mol. The van der Waals surface area contributed by atoms with Crippen molar-refractivity contribution in [1.82, 2.24) is 19.9 Å². The molecule has 0 spiro atoms. The van der Waals surface area contributed by atoms with E-state index in [2.05, 4.69) is 36.6 Å². The molecular formula is C26H36F3N6O3P. The van der Waals surface area contributed by atoms with Gasteiger partial charge in [0.05, 0.1) is 0 Å². The van der Waals surface area contributed by atoms with Gasteiger partial charge in [-0.3, -0.25) is 0 Å². The number of hydrogen-bond donors (Lipinski definition) is 3. The van der Waals surface area contributed by atoms with E-state index in [1.165, 1.54) is 18.1 Å². The number of H-pyrrole nitrogens is 1. The zero-order chi connectivity index (χ0) is 27.6. The monoisotopic (exact) mass is 568 g/mol. The molecule has 5 rings (SSSR count). The average Bonchev–Trinajstić information content (AvgIpc) is 3.68. The molecule has 39 heavy (non-hydrogen) atoms. The number of ether oxygens (including phenoxy) is 2. The van der Waals surface area contributed by atoms with Crippen LogP contribution in [0.15, 0.2) is 24.4 Å². The van der Waals surface area contributed by atoms with Gasteiger partial charge in [0, 0.05) is 7.11 Å². The molecule has 9 nitrogen and oxygen atoms in total. The molecule has 2 aromatic heterocycles. The van der Waals surface area contributed by atoms with E-state index in [9.17, 15) is 13.2 Å². The van der Waals surface area contributed by atoms with E-state index in [4.69, 9.17) is 14.0 Å². The summed E-state index contributed by atoms with van der Waals surface area (Å²) in [6.07, 6.45) is 1.64. The molecule has 1 saturated heterocycles. The topological polar surface area (TPSA) is 96.6 Å². The molecule has 3 heterocycles. The van der Waals surface area contributed by atoms with Crippen LogP contribution < -0.4 is 20.7 Å². The zero-order valence-corrected chi connectivity index (χ0v) is 23.5. The Balaban J connectivity index is 1.42. The number of fused-ring (bicyclic) bond motifs is 1. The van der Waals surface area contributed by atoms with Crippen molar-refractivity contribution in [2.75, 3.05) is 70.5 Å². The SMILES string of the molecule is COCCCNc1nc(Nc2ccc([PH]3(OC)CCN(C4CC4)CC3)cc2OC)nc2[nH]cc(C(F)(F)F)c12. The minimum absolute atomic E-state index is 0.0813. The van der Waals surface area contributed by atoms with E-state index in [-0.39, 0.29) is 22.8 Å². The Hall–Kier alpha value is -2.66. The van der Waals surface area contributed by atoms with E-state index in [0.717, 1.165) is 37.7 Å². The number of rotatable bonds is 11. The van der Waals surface area contributed by atoms with Gasteiger partial charge in [0.2, 0.25) is 0 Å². The summed E-state index contributed by atoms with van der Waals surface area (Å²) in [5.74, 6) is 0.840. The Bertz CT molecular complexity index is 1290. The second-order valence-corrected chi connectivity index (χ2v) is 14.1. The number of nitrogens with one attached hydrogen (secondary N) is 3. The minimum atomic E-state index is -4.55. The molecule has 0 amide bonds. The van der Waals surface area contributed by atoms with Crippen molar-refractivity contribution in [3.63, 3.8) is 0 Å². The van der Waals surface area contributed by atoms with Crippen molar-refractivity contribution in [1.29, 1.82) is 0 Å². The second-order valence-electron chi connectivity index (χ2n) is 10.1. The Labute approximate surface area is 226 Å². The Morgan fingerprint density at radius 1 is 1.13 bits per heavy atom. The summed E-state index contributed by atoms with van der Waals surface area (Å²) in [5, 5.41) is 7.24. The maximum atomic E-state index is 13.7. The number of halogens is 3. The number of aromatic amines is 1. The predicted molar refractivity (Wildman–Crippen MR) is 149 cm³/mol. The van der Waals surface area contributed by atoms with Gasteiger partial charge in [-0.2, -0.15) is 0 Å². The van der Waals surface area contributed by atoms with Crippen LogP contribution in [-0.2, 0) is 15.4 Å². The number of aromatic nitrogens is 3. The summed E-state index contributed by atoms with van der Waals surface area (Å²) in [7, 11) is 2.83. The van der Waals surface area contributed by atoms with Crippen LogP contribution in [0.3, 0.4) is 0 Å². The number of methoxy groups -OCH3 is 2. The molecule has 214 valence electrons. The van der Waals surface area contributed by atoms with Crippen molar-refractivity contribution in [3.8, 4) is 5.75 Å². The molecule has 1 aliphatic carbocycles. The molecule has 1 aliphatic heterocycles. The van der Waals surface area contributed by atoms with Crippen LogP contribution in [-0.4, -0.2) is 85.8 Å². The number of alkyl halides is 3. The van der Waals surface area contributed by atoms with Gasteiger partial charge in [0.15, 0.2) is 0 Å². The molecule has 0 atom stereocenters. The first-order valence-electron chi connectivity index (χ1n) is 13.2. The fourth-order valence-electron chi connectivity index (χ4n) is 5.36. The van der Waals surface area contributed by atoms with Crippen molar-refractivity contribution in [2.45, 2.75) is 31.5 Å². The zero-order valence-electron chi connectivity index (χ0n) is 22.5. The van der Waals surface area contributed by atoms with Crippen LogP contribution in [0, 0.1) is 0 Å². The third-order valence-corrected chi connectivity index (χ3v) is 11.9. The number of benzene rings is 1. The van der Waals surface area contributed by atoms with Gasteiger partial charge in [0.1, 0.15) is 0 Å². The van der Waals surface area contributed by atoms with Crippen LogP contribution in [0.2, 0.25) is 0 Å². The van der Waals surface area contributed by atoms with Crippen molar-refractivity contribution < 1.29 is 27.2 Å². The summed E-state index contributed by atoms with van der Waals surface area (Å²) in [6, 6.07) is 6.73. The summed E-state index contributed by atoms with van der Waals surface area (Å²) in [4.78, 5) is 14.0. The molecule has 3 aromatic rings. The average molecular weight is 569 g/mol. The van der Waals surface area contributed by atoms with Gasteiger partial charge < -0.3 is 4.74 Å². The second kappa shape index (κ2) is 11.4. The molecule has 0 bridgehead atoms. The van der Waals surface area contributed by atoms with Gasteiger partial charge in [-0.05, 0) is 0 Å². The third-order valence-electron chi connectivity index (χ3n) is 7.69. The molecule has 1 saturated carbocycles. The summed E-state index contributed by atoms with van der Waals surface area (Å²) < 4.78 is 58.0. The number of nitrogens with zero attached hydrogens (tertiary/aromatic N) is 3.